The van der Waals surface area contributed by atoms with Crippen LogP contribution in [0.4, 0.5) is 5.69 Å². The molecule has 0 aliphatic carbocycles. The lowest BCUT2D eigenvalue weighted by atomic mass is 10.4. The summed E-state index contributed by atoms with van der Waals surface area (Å²) in [6, 6.07) is 0. The lowest BCUT2D eigenvalue weighted by Crippen LogP contribution is -2.29. The van der Waals surface area contributed by atoms with E-state index in [1.807, 2.05) is 0 Å². The van der Waals surface area contributed by atoms with Gasteiger partial charge in [0, 0.05) is 32.7 Å². The number of methoxy groups -OCH3 is 1. The van der Waals surface area contributed by atoms with Crippen LogP contribution < -0.4 is 16.5 Å². The minimum Gasteiger partial charge on any atom is -0.394 e. The second kappa shape index (κ2) is 7.17. The first-order valence-electron chi connectivity index (χ1n) is 5.45. The Morgan fingerprint density at radius 1 is 1.56 bits per heavy atom. The summed E-state index contributed by atoms with van der Waals surface area (Å²) in [5.41, 5.74) is 5.36. The van der Waals surface area contributed by atoms with Crippen molar-refractivity contribution in [3.05, 3.63) is 27.1 Å². The number of halogens is 1. The zero-order valence-corrected chi connectivity index (χ0v) is 11.7. The first-order chi connectivity index (χ1) is 8.54. The maximum Gasteiger partial charge on any atom is 0.239 e. The second-order valence-corrected chi connectivity index (χ2v) is 4.61. The molecule has 1 amide bonds. The largest absolute Gasteiger partial charge is 0.394 e. The van der Waals surface area contributed by atoms with Crippen LogP contribution in [0.2, 0.25) is 0 Å². The number of pyridine rings is 1. The number of ether oxygens (including phenoxy) is 1. The molecule has 0 saturated carbocycles. The Balaban J connectivity index is 2.52. The molecular formula is C11H16BrN3O3. The number of rotatable bonds is 6. The summed E-state index contributed by atoms with van der Waals surface area (Å²) in [7, 11) is 1.61. The van der Waals surface area contributed by atoms with Crippen molar-refractivity contribution in [2.24, 2.45) is 0 Å². The predicted octanol–water partition coefficient (Wildman–Crippen LogP) is 0.346. The number of carbonyl (C=O) groups is 1. The molecule has 1 heterocycles. The van der Waals surface area contributed by atoms with Gasteiger partial charge in [-0.3, -0.25) is 9.59 Å². The molecule has 0 atom stereocenters. The molecule has 3 N–H and O–H groups in total. The summed E-state index contributed by atoms with van der Waals surface area (Å²) in [5.74, 6) is -0.138. The standard InChI is InChI=1S/C11H16BrN3O3/c1-18-4-2-3-14-10(16)7-15-5-8(12)11(17)9(13)6-15/h5-6H,2-4,7,13H2,1H3,(H,14,16). The number of carbonyl (C=O) groups excluding carboxylic acids is 1. The van der Waals surface area contributed by atoms with Crippen molar-refractivity contribution >= 4 is 27.5 Å². The highest BCUT2D eigenvalue weighted by atomic mass is 79.9. The normalized spacial score (nSPS) is 10.3. The van der Waals surface area contributed by atoms with Crippen LogP contribution in [0.5, 0.6) is 0 Å². The molecule has 0 aliphatic rings. The molecule has 0 aliphatic heterocycles. The molecular weight excluding hydrogens is 302 g/mol. The first-order valence-corrected chi connectivity index (χ1v) is 6.24. The number of hydrogen-bond donors (Lipinski definition) is 2. The van der Waals surface area contributed by atoms with Gasteiger partial charge in [0.25, 0.3) is 0 Å². The van der Waals surface area contributed by atoms with Gasteiger partial charge in [0.15, 0.2) is 0 Å². The molecule has 1 aromatic rings. The van der Waals surface area contributed by atoms with Crippen molar-refractivity contribution in [2.75, 3.05) is 26.0 Å². The van der Waals surface area contributed by atoms with Gasteiger partial charge < -0.3 is 20.4 Å². The maximum atomic E-state index is 11.6. The monoisotopic (exact) mass is 317 g/mol. The SMILES string of the molecule is COCCCNC(=O)Cn1cc(N)c(=O)c(Br)c1. The molecule has 1 rings (SSSR count). The van der Waals surface area contributed by atoms with Gasteiger partial charge in [-0.1, -0.05) is 0 Å². The Hall–Kier alpha value is -1.34. The molecule has 0 spiro atoms. The van der Waals surface area contributed by atoms with Crippen molar-refractivity contribution in [3.8, 4) is 0 Å². The lowest BCUT2D eigenvalue weighted by molar-refractivity contribution is -0.121. The Labute approximate surface area is 113 Å². The third-order valence-corrected chi connectivity index (χ3v) is 2.80. The van der Waals surface area contributed by atoms with Gasteiger partial charge in [-0.25, -0.2) is 0 Å². The van der Waals surface area contributed by atoms with E-state index in [1.54, 1.807) is 11.7 Å². The number of nitrogens with two attached hydrogens (primary N) is 1. The smallest absolute Gasteiger partial charge is 0.239 e. The van der Waals surface area contributed by atoms with Crippen LogP contribution in [0.25, 0.3) is 0 Å². The number of nitrogens with zero attached hydrogens (tertiary/aromatic N) is 1. The Morgan fingerprint density at radius 2 is 2.28 bits per heavy atom. The molecule has 0 radical (unpaired) electrons. The van der Waals surface area contributed by atoms with Crippen LogP contribution in [0.1, 0.15) is 6.42 Å². The van der Waals surface area contributed by atoms with Crippen LogP contribution in [0.15, 0.2) is 21.7 Å². The summed E-state index contributed by atoms with van der Waals surface area (Å²) >= 11 is 3.10. The zero-order valence-electron chi connectivity index (χ0n) is 10.1. The second-order valence-electron chi connectivity index (χ2n) is 3.76. The van der Waals surface area contributed by atoms with E-state index in [4.69, 9.17) is 10.5 Å². The summed E-state index contributed by atoms with van der Waals surface area (Å²) in [4.78, 5) is 22.9. The van der Waals surface area contributed by atoms with E-state index < -0.39 is 0 Å². The number of aromatic nitrogens is 1. The van der Waals surface area contributed by atoms with E-state index in [9.17, 15) is 9.59 Å². The zero-order chi connectivity index (χ0) is 13.5. The van der Waals surface area contributed by atoms with E-state index in [0.717, 1.165) is 6.42 Å². The van der Waals surface area contributed by atoms with Crippen LogP contribution in [-0.4, -0.2) is 30.7 Å². The van der Waals surface area contributed by atoms with E-state index >= 15 is 0 Å². The molecule has 1 aromatic heterocycles. The van der Waals surface area contributed by atoms with E-state index in [-0.39, 0.29) is 23.6 Å². The minimum absolute atomic E-state index is 0.108. The summed E-state index contributed by atoms with van der Waals surface area (Å²) < 4.78 is 6.78. The topological polar surface area (TPSA) is 86.3 Å². The average molecular weight is 318 g/mol. The van der Waals surface area contributed by atoms with E-state index in [2.05, 4.69) is 21.2 Å². The Morgan fingerprint density at radius 3 is 2.89 bits per heavy atom. The van der Waals surface area contributed by atoms with Gasteiger partial charge in [0.2, 0.25) is 11.3 Å². The summed E-state index contributed by atoms with van der Waals surface area (Å²) in [6.45, 7) is 1.29. The lowest BCUT2D eigenvalue weighted by Gasteiger charge is -2.09. The molecule has 0 bridgehead atoms. The number of hydrogen-bond acceptors (Lipinski definition) is 4. The molecule has 0 aromatic carbocycles. The number of nitrogens with one attached hydrogen (secondary N) is 1. The Bertz CT molecular complexity index is 447. The molecule has 0 saturated heterocycles. The average Bonchev–Trinajstić information content (AvgIpc) is 2.31. The molecule has 0 unspecified atom stereocenters. The summed E-state index contributed by atoms with van der Waals surface area (Å²) in [5, 5.41) is 2.75. The molecule has 7 heteroatoms. The predicted molar refractivity (Wildman–Crippen MR) is 72.3 cm³/mol. The fraction of sp³-hybridized carbons (Fsp3) is 0.455. The molecule has 6 nitrogen and oxygen atoms in total. The molecule has 0 fully saturated rings. The van der Waals surface area contributed by atoms with Crippen LogP contribution in [0.3, 0.4) is 0 Å². The van der Waals surface area contributed by atoms with Gasteiger partial charge >= 0.3 is 0 Å². The minimum atomic E-state index is -0.272. The van der Waals surface area contributed by atoms with Gasteiger partial charge in [0.1, 0.15) is 6.54 Å². The van der Waals surface area contributed by atoms with Crippen molar-refractivity contribution in [1.29, 1.82) is 0 Å². The highest BCUT2D eigenvalue weighted by molar-refractivity contribution is 9.10. The van der Waals surface area contributed by atoms with Crippen molar-refractivity contribution in [2.45, 2.75) is 13.0 Å². The highest BCUT2D eigenvalue weighted by Crippen LogP contribution is 2.05. The van der Waals surface area contributed by atoms with E-state index in [0.29, 0.717) is 17.6 Å². The highest BCUT2D eigenvalue weighted by Gasteiger charge is 2.05. The first kappa shape index (κ1) is 14.7. The van der Waals surface area contributed by atoms with Crippen LogP contribution >= 0.6 is 15.9 Å². The number of anilines is 1. The maximum absolute atomic E-state index is 11.6. The van der Waals surface area contributed by atoms with Crippen molar-refractivity contribution < 1.29 is 9.53 Å². The van der Waals surface area contributed by atoms with Crippen molar-refractivity contribution in [3.63, 3.8) is 0 Å². The van der Waals surface area contributed by atoms with Crippen LogP contribution in [-0.2, 0) is 16.1 Å². The number of nitrogen functional groups attached to an aromatic ring is 1. The van der Waals surface area contributed by atoms with Crippen molar-refractivity contribution in [1.82, 2.24) is 9.88 Å². The van der Waals surface area contributed by atoms with E-state index in [1.165, 1.54) is 12.4 Å². The van der Waals surface area contributed by atoms with Gasteiger partial charge in [0.05, 0.1) is 10.2 Å². The van der Waals surface area contributed by atoms with Gasteiger partial charge in [-0.05, 0) is 22.4 Å². The Kier molecular flexibility index (Phi) is 5.87. The third-order valence-electron chi connectivity index (χ3n) is 2.24. The van der Waals surface area contributed by atoms with Gasteiger partial charge in [-0.2, -0.15) is 0 Å². The van der Waals surface area contributed by atoms with Crippen LogP contribution in [0, 0.1) is 0 Å². The quantitative estimate of drug-likeness (QED) is 0.741. The fourth-order valence-corrected chi connectivity index (χ4v) is 1.87. The van der Waals surface area contributed by atoms with Gasteiger partial charge in [-0.15, -0.1) is 0 Å². The fourth-order valence-electron chi connectivity index (χ4n) is 1.37. The number of amides is 1. The third kappa shape index (κ3) is 4.50. The molecule has 100 valence electrons. The molecule has 18 heavy (non-hydrogen) atoms. The summed E-state index contributed by atoms with van der Waals surface area (Å²) in [6.07, 6.45) is 3.74.